The van der Waals surface area contributed by atoms with Gasteiger partial charge in [0.2, 0.25) is 0 Å². The molecule has 0 fully saturated rings. The van der Waals surface area contributed by atoms with Crippen LogP contribution in [0.3, 0.4) is 0 Å². The number of halogens is 2. The van der Waals surface area contributed by atoms with E-state index in [0.717, 1.165) is 0 Å². The van der Waals surface area contributed by atoms with Gasteiger partial charge in [-0.1, -0.05) is 11.6 Å². The molecule has 8 heteroatoms. The Morgan fingerprint density at radius 1 is 1.56 bits per heavy atom. The lowest BCUT2D eigenvalue weighted by atomic mass is 10.6. The number of methoxy groups -OCH3 is 1. The minimum Gasteiger partial charge on any atom is -0.467 e. The fraction of sp³-hybridized carbons (Fsp3) is 0.125. The zero-order chi connectivity index (χ0) is 11.7. The average molecular weight is 305 g/mol. The molecule has 0 radical (unpaired) electrons. The van der Waals surface area contributed by atoms with Crippen LogP contribution in [0.25, 0.3) is 5.82 Å². The minimum atomic E-state index is 0.213. The molecule has 16 heavy (non-hydrogen) atoms. The number of nitrogen functional groups attached to an aromatic ring is 1. The molecule has 0 spiro atoms. The highest BCUT2D eigenvalue weighted by Gasteiger charge is 2.11. The van der Waals surface area contributed by atoms with Crippen LogP contribution >= 0.6 is 27.5 Å². The molecular weight excluding hydrogens is 297 g/mol. The van der Waals surface area contributed by atoms with Crippen LogP contribution in [0.5, 0.6) is 6.01 Å². The van der Waals surface area contributed by atoms with Gasteiger partial charge in [0.25, 0.3) is 0 Å². The van der Waals surface area contributed by atoms with Gasteiger partial charge in [0.05, 0.1) is 17.8 Å². The Kier molecular flexibility index (Phi) is 2.97. The molecule has 0 atom stereocenters. The standard InChI is InChI=1S/C8H7BrClN5O/c1-16-8-12-2-5(10)7(13-8)15-3-4(9)6(11)14-15/h2-3H,1H3,(H2,11,14). The van der Waals surface area contributed by atoms with Crippen LogP contribution in [-0.2, 0) is 0 Å². The molecule has 6 nitrogen and oxygen atoms in total. The predicted molar refractivity (Wildman–Crippen MR) is 62.8 cm³/mol. The monoisotopic (exact) mass is 303 g/mol. The minimum absolute atomic E-state index is 0.213. The van der Waals surface area contributed by atoms with E-state index in [4.69, 9.17) is 22.1 Å². The summed E-state index contributed by atoms with van der Waals surface area (Å²) in [6.07, 6.45) is 3.09. The maximum absolute atomic E-state index is 5.95. The Labute approximate surface area is 105 Å². The Bertz CT molecular complexity index is 510. The summed E-state index contributed by atoms with van der Waals surface area (Å²) in [4.78, 5) is 7.94. The molecule has 0 aliphatic carbocycles. The largest absolute Gasteiger partial charge is 0.467 e. The van der Waals surface area contributed by atoms with E-state index in [0.29, 0.717) is 21.1 Å². The molecule has 0 bridgehead atoms. The van der Waals surface area contributed by atoms with Gasteiger partial charge in [-0.05, 0) is 15.9 Å². The first-order chi connectivity index (χ1) is 7.61. The number of hydrogen-bond acceptors (Lipinski definition) is 5. The second-order valence-corrected chi connectivity index (χ2v) is 4.10. The summed E-state index contributed by atoms with van der Waals surface area (Å²) in [5.41, 5.74) is 5.60. The normalized spacial score (nSPS) is 10.4. The highest BCUT2D eigenvalue weighted by Crippen LogP contribution is 2.23. The van der Waals surface area contributed by atoms with Crippen molar-refractivity contribution in [1.29, 1.82) is 0 Å². The van der Waals surface area contributed by atoms with E-state index in [1.54, 1.807) is 6.20 Å². The van der Waals surface area contributed by atoms with Crippen molar-refractivity contribution in [2.75, 3.05) is 12.8 Å². The first-order valence-electron chi connectivity index (χ1n) is 4.19. The van der Waals surface area contributed by atoms with Gasteiger partial charge in [-0.15, -0.1) is 5.10 Å². The second-order valence-electron chi connectivity index (χ2n) is 2.84. The van der Waals surface area contributed by atoms with E-state index in [2.05, 4.69) is 31.0 Å². The van der Waals surface area contributed by atoms with Gasteiger partial charge in [-0.3, -0.25) is 0 Å². The van der Waals surface area contributed by atoms with Crippen LogP contribution in [-0.4, -0.2) is 26.9 Å². The van der Waals surface area contributed by atoms with Crippen molar-refractivity contribution in [2.24, 2.45) is 0 Å². The van der Waals surface area contributed by atoms with E-state index in [9.17, 15) is 0 Å². The highest BCUT2D eigenvalue weighted by molar-refractivity contribution is 9.10. The third-order valence-electron chi connectivity index (χ3n) is 1.80. The third kappa shape index (κ3) is 1.96. The van der Waals surface area contributed by atoms with Gasteiger partial charge in [0, 0.05) is 6.20 Å². The van der Waals surface area contributed by atoms with Gasteiger partial charge in [0.15, 0.2) is 11.6 Å². The summed E-state index contributed by atoms with van der Waals surface area (Å²) in [5.74, 6) is 0.763. The van der Waals surface area contributed by atoms with Crippen molar-refractivity contribution in [2.45, 2.75) is 0 Å². The van der Waals surface area contributed by atoms with Gasteiger partial charge in [0.1, 0.15) is 5.02 Å². The lowest BCUT2D eigenvalue weighted by Gasteiger charge is -2.04. The zero-order valence-electron chi connectivity index (χ0n) is 8.19. The van der Waals surface area contributed by atoms with E-state index >= 15 is 0 Å². The number of nitrogens with zero attached hydrogens (tertiary/aromatic N) is 4. The molecule has 0 aliphatic heterocycles. The zero-order valence-corrected chi connectivity index (χ0v) is 10.5. The predicted octanol–water partition coefficient (Wildman–Crippen LogP) is 1.67. The fourth-order valence-electron chi connectivity index (χ4n) is 1.08. The summed E-state index contributed by atoms with van der Waals surface area (Å²) in [5, 5.41) is 4.39. The third-order valence-corrected chi connectivity index (χ3v) is 2.68. The quantitative estimate of drug-likeness (QED) is 0.913. The topological polar surface area (TPSA) is 78.9 Å². The van der Waals surface area contributed by atoms with Crippen LogP contribution in [0, 0.1) is 0 Å². The molecule has 2 heterocycles. The molecule has 0 aromatic carbocycles. The number of hydrogen-bond donors (Lipinski definition) is 1. The number of anilines is 1. The maximum Gasteiger partial charge on any atom is 0.318 e. The average Bonchev–Trinajstić information content (AvgIpc) is 2.60. The number of nitrogens with two attached hydrogens (primary N) is 1. The van der Waals surface area contributed by atoms with Crippen molar-refractivity contribution >= 4 is 33.3 Å². The summed E-state index contributed by atoms with van der Waals surface area (Å²) in [7, 11) is 1.47. The van der Waals surface area contributed by atoms with Crippen molar-refractivity contribution in [3.8, 4) is 11.8 Å². The maximum atomic E-state index is 5.95. The van der Waals surface area contributed by atoms with E-state index in [1.165, 1.54) is 18.0 Å². The van der Waals surface area contributed by atoms with Crippen LogP contribution in [0.2, 0.25) is 5.02 Å². The Morgan fingerprint density at radius 3 is 2.88 bits per heavy atom. The van der Waals surface area contributed by atoms with E-state index in [1.807, 2.05) is 0 Å². The SMILES string of the molecule is COc1ncc(Cl)c(-n2cc(Br)c(N)n2)n1. The number of ether oxygens (including phenoxy) is 1. The van der Waals surface area contributed by atoms with Crippen molar-refractivity contribution in [3.63, 3.8) is 0 Å². The summed E-state index contributed by atoms with van der Waals surface area (Å²) >= 11 is 9.20. The van der Waals surface area contributed by atoms with E-state index < -0.39 is 0 Å². The van der Waals surface area contributed by atoms with Gasteiger partial charge >= 0.3 is 6.01 Å². The molecule has 0 saturated carbocycles. The lowest BCUT2D eigenvalue weighted by Crippen LogP contribution is -2.03. The van der Waals surface area contributed by atoms with Gasteiger partial charge in [-0.2, -0.15) is 4.98 Å². The number of rotatable bonds is 2. The van der Waals surface area contributed by atoms with Crippen molar-refractivity contribution < 1.29 is 4.74 Å². The van der Waals surface area contributed by atoms with Gasteiger partial charge < -0.3 is 10.5 Å². The Balaban J connectivity index is 2.54. The number of aromatic nitrogens is 4. The smallest absolute Gasteiger partial charge is 0.318 e. The van der Waals surface area contributed by atoms with Crippen LogP contribution in [0.4, 0.5) is 5.82 Å². The van der Waals surface area contributed by atoms with Crippen LogP contribution < -0.4 is 10.5 Å². The molecule has 0 unspecified atom stereocenters. The molecule has 2 rings (SSSR count). The molecule has 2 N–H and O–H groups in total. The van der Waals surface area contributed by atoms with E-state index in [-0.39, 0.29) is 6.01 Å². The Morgan fingerprint density at radius 2 is 2.31 bits per heavy atom. The second kappa shape index (κ2) is 4.26. The Hall–Kier alpha value is -1.34. The van der Waals surface area contributed by atoms with Gasteiger partial charge in [-0.25, -0.2) is 9.67 Å². The molecule has 0 amide bonds. The molecule has 2 aromatic rings. The lowest BCUT2D eigenvalue weighted by molar-refractivity contribution is 0.379. The summed E-state index contributed by atoms with van der Waals surface area (Å²) in [6, 6.07) is 0.213. The summed E-state index contributed by atoms with van der Waals surface area (Å²) in [6.45, 7) is 0. The molecule has 2 aromatic heterocycles. The highest BCUT2D eigenvalue weighted by atomic mass is 79.9. The van der Waals surface area contributed by atoms with Crippen molar-refractivity contribution in [1.82, 2.24) is 19.7 Å². The first-order valence-corrected chi connectivity index (χ1v) is 5.36. The molecule has 0 saturated heterocycles. The fourth-order valence-corrected chi connectivity index (χ4v) is 1.53. The van der Waals surface area contributed by atoms with Crippen LogP contribution in [0.1, 0.15) is 0 Å². The van der Waals surface area contributed by atoms with Crippen molar-refractivity contribution in [3.05, 3.63) is 21.9 Å². The van der Waals surface area contributed by atoms with Crippen LogP contribution in [0.15, 0.2) is 16.9 Å². The molecule has 0 aliphatic rings. The molecular formula is C8H7BrClN5O. The molecule has 84 valence electrons. The first kappa shape index (κ1) is 11.2. The summed E-state index contributed by atoms with van der Waals surface area (Å²) < 4.78 is 7.02.